The van der Waals surface area contributed by atoms with Crippen LogP contribution in [0.2, 0.25) is 0 Å². The first-order valence-corrected chi connectivity index (χ1v) is 7.54. The summed E-state index contributed by atoms with van der Waals surface area (Å²) in [5.41, 5.74) is 1.70. The fraction of sp³-hybridized carbons (Fsp3) is 0.375. The quantitative estimate of drug-likeness (QED) is 0.656. The Bertz CT molecular complexity index is 987. The van der Waals surface area contributed by atoms with Gasteiger partial charge in [0.15, 0.2) is 5.65 Å². The average molecular weight is 329 g/mol. The van der Waals surface area contributed by atoms with Crippen LogP contribution in [0, 0.1) is 6.92 Å². The number of nitrogens with zero attached hydrogens (tertiary/aromatic N) is 5. The van der Waals surface area contributed by atoms with Crippen LogP contribution in [0.1, 0.15) is 16.1 Å². The van der Waals surface area contributed by atoms with Crippen molar-refractivity contribution in [3.05, 3.63) is 40.1 Å². The van der Waals surface area contributed by atoms with Crippen LogP contribution in [-0.2, 0) is 11.3 Å². The predicted octanol–water partition coefficient (Wildman–Crippen LogP) is 0.701. The lowest BCUT2D eigenvalue weighted by atomic mass is 10.2. The zero-order chi connectivity index (χ0) is 17.4. The van der Waals surface area contributed by atoms with Gasteiger partial charge < -0.3 is 14.2 Å². The maximum Gasteiger partial charge on any atom is 0.343 e. The molecule has 0 amide bonds. The average Bonchev–Trinajstić information content (AvgIpc) is 2.89. The molecule has 3 aromatic heterocycles. The highest BCUT2D eigenvalue weighted by molar-refractivity contribution is 5.98. The first-order chi connectivity index (χ1) is 11.4. The molecule has 0 atom stereocenters. The third-order valence-corrected chi connectivity index (χ3v) is 3.94. The van der Waals surface area contributed by atoms with Gasteiger partial charge in [0, 0.05) is 25.5 Å². The lowest BCUT2D eigenvalue weighted by Gasteiger charge is -2.12. The van der Waals surface area contributed by atoms with Gasteiger partial charge in [-0.25, -0.2) is 14.3 Å². The number of likely N-dealkylation sites (N-methyl/N-ethyl adjacent to an activating group) is 1. The Hall–Kier alpha value is -2.74. The van der Waals surface area contributed by atoms with E-state index in [9.17, 15) is 9.59 Å². The maximum atomic E-state index is 12.6. The number of hydrogen-bond donors (Lipinski definition) is 0. The van der Waals surface area contributed by atoms with Gasteiger partial charge in [-0.1, -0.05) is 0 Å². The van der Waals surface area contributed by atoms with E-state index < -0.39 is 5.97 Å². The minimum Gasteiger partial charge on any atom is -0.465 e. The van der Waals surface area contributed by atoms with Gasteiger partial charge in [0.1, 0.15) is 5.56 Å². The Morgan fingerprint density at radius 1 is 1.38 bits per heavy atom. The molecule has 0 saturated heterocycles. The molecule has 3 heterocycles. The largest absolute Gasteiger partial charge is 0.465 e. The number of carbonyl (C=O) groups is 1. The summed E-state index contributed by atoms with van der Waals surface area (Å²) in [5, 5.41) is 4.81. The van der Waals surface area contributed by atoms with E-state index in [1.807, 2.05) is 25.1 Å². The van der Waals surface area contributed by atoms with Gasteiger partial charge in [-0.05, 0) is 27.1 Å². The molecule has 0 unspecified atom stereocenters. The summed E-state index contributed by atoms with van der Waals surface area (Å²) in [5.74, 6) is -0.492. The summed E-state index contributed by atoms with van der Waals surface area (Å²) < 4.78 is 7.96. The van der Waals surface area contributed by atoms with E-state index in [-0.39, 0.29) is 5.56 Å². The predicted molar refractivity (Wildman–Crippen MR) is 89.4 cm³/mol. The van der Waals surface area contributed by atoms with Crippen LogP contribution in [0.25, 0.3) is 16.6 Å². The summed E-state index contributed by atoms with van der Waals surface area (Å²) in [7, 11) is 5.23. The Labute approximate surface area is 138 Å². The first-order valence-electron chi connectivity index (χ1n) is 7.54. The van der Waals surface area contributed by atoms with Crippen LogP contribution in [0.15, 0.2) is 23.3 Å². The number of esters is 1. The highest BCUT2D eigenvalue weighted by Gasteiger charge is 2.20. The van der Waals surface area contributed by atoms with Crippen molar-refractivity contribution < 1.29 is 9.53 Å². The van der Waals surface area contributed by atoms with E-state index >= 15 is 0 Å². The summed E-state index contributed by atoms with van der Waals surface area (Å²) in [6, 6.07) is 1.81. The van der Waals surface area contributed by atoms with Gasteiger partial charge in [-0.3, -0.25) is 4.79 Å². The van der Waals surface area contributed by atoms with Crippen molar-refractivity contribution in [1.82, 2.24) is 24.1 Å². The smallest absolute Gasteiger partial charge is 0.343 e. The molecular formula is C16H19N5O3. The lowest BCUT2D eigenvalue weighted by Crippen LogP contribution is -2.26. The van der Waals surface area contributed by atoms with E-state index in [1.54, 1.807) is 17.7 Å². The Balaban J connectivity index is 2.21. The van der Waals surface area contributed by atoms with Crippen LogP contribution >= 0.6 is 0 Å². The number of fused-ring (bicyclic) bond motifs is 3. The van der Waals surface area contributed by atoms with Gasteiger partial charge in [0.25, 0.3) is 5.56 Å². The van der Waals surface area contributed by atoms with E-state index in [0.717, 1.165) is 6.54 Å². The van der Waals surface area contributed by atoms with E-state index in [2.05, 4.69) is 10.1 Å². The van der Waals surface area contributed by atoms with Crippen LogP contribution in [0.5, 0.6) is 0 Å². The number of carbonyl (C=O) groups excluding carboxylic acids is 1. The van der Waals surface area contributed by atoms with Crippen molar-refractivity contribution >= 4 is 22.5 Å². The lowest BCUT2D eigenvalue weighted by molar-refractivity contribution is 0.0602. The molecule has 0 aliphatic rings. The number of aryl methyl sites for hydroxylation is 1. The van der Waals surface area contributed by atoms with Gasteiger partial charge in [-0.15, -0.1) is 0 Å². The summed E-state index contributed by atoms with van der Waals surface area (Å²) in [6.45, 7) is 3.06. The fourth-order valence-electron chi connectivity index (χ4n) is 2.64. The molecule has 0 spiro atoms. The molecule has 0 aromatic carbocycles. The van der Waals surface area contributed by atoms with Crippen LogP contribution in [-0.4, -0.2) is 57.8 Å². The molecule has 8 heteroatoms. The van der Waals surface area contributed by atoms with Crippen molar-refractivity contribution in [2.24, 2.45) is 0 Å². The number of aromatic nitrogens is 4. The topological polar surface area (TPSA) is 81.7 Å². The van der Waals surface area contributed by atoms with Crippen LogP contribution < -0.4 is 5.56 Å². The molecule has 0 N–H and O–H groups in total. The van der Waals surface area contributed by atoms with E-state index in [4.69, 9.17) is 4.74 Å². The fourth-order valence-corrected chi connectivity index (χ4v) is 2.64. The zero-order valence-corrected chi connectivity index (χ0v) is 14.1. The van der Waals surface area contributed by atoms with Crippen molar-refractivity contribution in [2.75, 3.05) is 27.7 Å². The number of methoxy groups -OCH3 is 1. The molecule has 0 saturated carbocycles. The summed E-state index contributed by atoms with van der Waals surface area (Å²) in [6.07, 6.45) is 3.23. The molecule has 0 bridgehead atoms. The van der Waals surface area contributed by atoms with Gasteiger partial charge >= 0.3 is 5.97 Å². The Morgan fingerprint density at radius 2 is 2.12 bits per heavy atom. The molecular weight excluding hydrogens is 310 g/mol. The number of rotatable bonds is 4. The summed E-state index contributed by atoms with van der Waals surface area (Å²) in [4.78, 5) is 30.9. The molecule has 0 radical (unpaired) electrons. The third-order valence-electron chi connectivity index (χ3n) is 3.94. The van der Waals surface area contributed by atoms with Crippen LogP contribution in [0.4, 0.5) is 0 Å². The first kappa shape index (κ1) is 16.1. The van der Waals surface area contributed by atoms with E-state index in [1.165, 1.54) is 17.8 Å². The normalized spacial score (nSPS) is 11.5. The number of pyridine rings is 1. The van der Waals surface area contributed by atoms with Gasteiger partial charge in [0.2, 0.25) is 0 Å². The van der Waals surface area contributed by atoms with Crippen LogP contribution in [0.3, 0.4) is 0 Å². The molecule has 3 aromatic rings. The maximum absolute atomic E-state index is 12.6. The Kier molecular flexibility index (Phi) is 4.06. The van der Waals surface area contributed by atoms with Crippen molar-refractivity contribution in [2.45, 2.75) is 13.5 Å². The van der Waals surface area contributed by atoms with Crippen molar-refractivity contribution in [1.29, 1.82) is 0 Å². The molecule has 8 nitrogen and oxygen atoms in total. The van der Waals surface area contributed by atoms with Crippen molar-refractivity contribution in [3.8, 4) is 0 Å². The highest BCUT2D eigenvalue weighted by atomic mass is 16.5. The zero-order valence-electron chi connectivity index (χ0n) is 14.1. The van der Waals surface area contributed by atoms with Crippen molar-refractivity contribution in [3.63, 3.8) is 0 Å². The summed E-state index contributed by atoms with van der Waals surface area (Å²) >= 11 is 0. The van der Waals surface area contributed by atoms with Gasteiger partial charge in [-0.2, -0.15) is 5.10 Å². The molecule has 0 fully saturated rings. The second-order valence-corrected chi connectivity index (χ2v) is 5.86. The minimum absolute atomic E-state index is 0.128. The standard InChI is InChI=1S/C16H19N5O3/c1-10-13(16(23)24-4)14-17-9-11-12(21(14)18-10)5-6-20(15(11)22)8-7-19(2)3/h5-6,9H,7-8H2,1-4H3. The minimum atomic E-state index is -0.492. The molecule has 0 aliphatic heterocycles. The molecule has 126 valence electrons. The number of hydrogen-bond acceptors (Lipinski definition) is 6. The monoisotopic (exact) mass is 329 g/mol. The number of ether oxygens (including phenoxy) is 1. The third kappa shape index (κ3) is 2.54. The molecule has 3 rings (SSSR count). The molecule has 0 aliphatic carbocycles. The van der Waals surface area contributed by atoms with Gasteiger partial charge in [0.05, 0.1) is 23.7 Å². The van der Waals surface area contributed by atoms with E-state index in [0.29, 0.717) is 34.4 Å². The second kappa shape index (κ2) is 6.04. The molecule has 24 heavy (non-hydrogen) atoms. The second-order valence-electron chi connectivity index (χ2n) is 5.86. The highest BCUT2D eigenvalue weighted by Crippen LogP contribution is 2.18. The SMILES string of the molecule is COC(=O)c1c(C)nn2c1ncc1c(=O)n(CCN(C)C)ccc12. The Morgan fingerprint density at radius 3 is 2.79 bits per heavy atom.